The Labute approximate surface area is 108 Å². The minimum absolute atomic E-state index is 0.664. The topological polar surface area (TPSA) is 46.5 Å². The second-order valence-electron chi connectivity index (χ2n) is 3.87. The summed E-state index contributed by atoms with van der Waals surface area (Å²) in [4.78, 5) is 11.1. The number of carbonyl (C=O) groups excluding carboxylic acids is 1. The van der Waals surface area contributed by atoms with E-state index in [9.17, 15) is 23.1 Å². The molecule has 0 aliphatic heterocycles. The lowest BCUT2D eigenvalue weighted by Crippen LogP contribution is -2.52. The molecule has 104 valence electrons. The van der Waals surface area contributed by atoms with Crippen LogP contribution in [0.2, 0.25) is 0 Å². The van der Waals surface area contributed by atoms with E-state index in [1.54, 1.807) is 30.3 Å². The van der Waals surface area contributed by atoms with E-state index in [0.29, 0.717) is 5.56 Å². The van der Waals surface area contributed by atoms with Gasteiger partial charge >= 0.3 is 12.1 Å². The van der Waals surface area contributed by atoms with Gasteiger partial charge in [0.15, 0.2) is 0 Å². The summed E-state index contributed by atoms with van der Waals surface area (Å²) in [6.45, 7) is 0. The highest BCUT2D eigenvalue weighted by molar-refractivity contribution is 5.80. The third-order valence-electron chi connectivity index (χ3n) is 2.52. The molecule has 1 atom stereocenters. The van der Waals surface area contributed by atoms with E-state index < -0.39 is 24.2 Å². The fourth-order valence-corrected chi connectivity index (χ4v) is 1.41. The third kappa shape index (κ3) is 3.57. The second-order valence-corrected chi connectivity index (χ2v) is 3.87. The van der Waals surface area contributed by atoms with Crippen LogP contribution in [0, 0.1) is 0 Å². The molecule has 0 heterocycles. The first-order valence-corrected chi connectivity index (χ1v) is 5.40. The van der Waals surface area contributed by atoms with Gasteiger partial charge in [0.25, 0.3) is 5.60 Å². The van der Waals surface area contributed by atoms with E-state index in [1.807, 2.05) is 0 Å². The van der Waals surface area contributed by atoms with Gasteiger partial charge in [0, 0.05) is 6.42 Å². The molecule has 1 aromatic carbocycles. The molecule has 0 fully saturated rings. The summed E-state index contributed by atoms with van der Waals surface area (Å²) in [5.74, 6) is -1.72. The van der Waals surface area contributed by atoms with Crippen LogP contribution in [0.15, 0.2) is 36.4 Å². The molecule has 0 amide bonds. The average Bonchev–Trinajstić information content (AvgIpc) is 2.37. The van der Waals surface area contributed by atoms with Crippen LogP contribution in [0.5, 0.6) is 0 Å². The first-order valence-electron chi connectivity index (χ1n) is 5.40. The molecule has 0 saturated heterocycles. The predicted molar refractivity (Wildman–Crippen MR) is 63.1 cm³/mol. The molecule has 0 aliphatic rings. The summed E-state index contributed by atoms with van der Waals surface area (Å²) in [5, 5.41) is 9.44. The molecule has 1 N–H and O–H groups in total. The van der Waals surface area contributed by atoms with Gasteiger partial charge in [-0.1, -0.05) is 42.5 Å². The standard InChI is InChI=1S/C13H13F3O3/c1-19-11(17)12(18,13(14,15)16)9-5-8-10-6-3-2-4-7-10/h2-8,18H,9H2,1H3/b8-5+. The summed E-state index contributed by atoms with van der Waals surface area (Å²) >= 11 is 0. The number of esters is 1. The highest BCUT2D eigenvalue weighted by Gasteiger charge is 2.59. The monoisotopic (exact) mass is 274 g/mol. The highest BCUT2D eigenvalue weighted by atomic mass is 19.4. The van der Waals surface area contributed by atoms with Crippen molar-refractivity contribution in [2.45, 2.75) is 18.2 Å². The zero-order valence-corrected chi connectivity index (χ0v) is 10.1. The van der Waals surface area contributed by atoms with E-state index in [0.717, 1.165) is 13.2 Å². The number of hydrogen-bond acceptors (Lipinski definition) is 3. The number of hydrogen-bond donors (Lipinski definition) is 1. The maximum atomic E-state index is 12.7. The van der Waals surface area contributed by atoms with Crippen LogP contribution in [0.25, 0.3) is 6.08 Å². The maximum absolute atomic E-state index is 12.7. The number of methoxy groups -OCH3 is 1. The van der Waals surface area contributed by atoms with E-state index in [1.165, 1.54) is 6.08 Å². The lowest BCUT2D eigenvalue weighted by Gasteiger charge is -2.26. The van der Waals surface area contributed by atoms with Crippen molar-refractivity contribution in [3.8, 4) is 0 Å². The molecule has 3 nitrogen and oxygen atoms in total. The Morgan fingerprint density at radius 3 is 2.37 bits per heavy atom. The van der Waals surface area contributed by atoms with Crippen molar-refractivity contribution < 1.29 is 27.8 Å². The van der Waals surface area contributed by atoms with Gasteiger partial charge in [-0.25, -0.2) is 4.79 Å². The zero-order valence-electron chi connectivity index (χ0n) is 10.1. The second kappa shape index (κ2) is 5.88. The Bertz CT molecular complexity index is 454. The summed E-state index contributed by atoms with van der Waals surface area (Å²) < 4.78 is 42.1. The predicted octanol–water partition coefficient (Wildman–Crippen LogP) is 2.56. The lowest BCUT2D eigenvalue weighted by atomic mass is 9.98. The van der Waals surface area contributed by atoms with Crippen molar-refractivity contribution in [1.29, 1.82) is 0 Å². The van der Waals surface area contributed by atoms with Crippen molar-refractivity contribution in [2.24, 2.45) is 0 Å². The first-order chi connectivity index (χ1) is 8.81. The van der Waals surface area contributed by atoms with E-state index >= 15 is 0 Å². The van der Waals surface area contributed by atoms with Gasteiger partial charge in [-0.2, -0.15) is 13.2 Å². The quantitative estimate of drug-likeness (QED) is 0.858. The minimum atomic E-state index is -5.10. The Morgan fingerprint density at radius 2 is 1.89 bits per heavy atom. The molecule has 19 heavy (non-hydrogen) atoms. The fraction of sp³-hybridized carbons (Fsp3) is 0.308. The molecule has 0 radical (unpaired) electrons. The fourth-order valence-electron chi connectivity index (χ4n) is 1.41. The molecule has 0 spiro atoms. The highest BCUT2D eigenvalue weighted by Crippen LogP contribution is 2.34. The molecule has 6 heteroatoms. The summed E-state index contributed by atoms with van der Waals surface area (Å²) in [6, 6.07) is 8.56. The van der Waals surface area contributed by atoms with Gasteiger partial charge < -0.3 is 9.84 Å². The number of ether oxygens (including phenoxy) is 1. The van der Waals surface area contributed by atoms with Crippen LogP contribution < -0.4 is 0 Å². The largest absolute Gasteiger partial charge is 0.467 e. The zero-order chi connectivity index (χ0) is 14.5. The molecule has 1 unspecified atom stereocenters. The molecular formula is C13H13F3O3. The third-order valence-corrected chi connectivity index (χ3v) is 2.52. The number of rotatable bonds is 4. The molecule has 1 rings (SSSR count). The number of benzene rings is 1. The first kappa shape index (κ1) is 15.2. The van der Waals surface area contributed by atoms with Crippen LogP contribution in [-0.2, 0) is 9.53 Å². The molecular weight excluding hydrogens is 261 g/mol. The van der Waals surface area contributed by atoms with Crippen LogP contribution >= 0.6 is 0 Å². The normalized spacial score (nSPS) is 15.2. The van der Waals surface area contributed by atoms with Gasteiger partial charge in [0.1, 0.15) is 0 Å². The Balaban J connectivity index is 2.86. The van der Waals surface area contributed by atoms with Crippen molar-refractivity contribution >= 4 is 12.0 Å². The van der Waals surface area contributed by atoms with Crippen molar-refractivity contribution in [3.05, 3.63) is 42.0 Å². The SMILES string of the molecule is COC(=O)C(O)(C/C=C/c1ccccc1)C(F)(F)F. The van der Waals surface area contributed by atoms with Gasteiger partial charge in [-0.15, -0.1) is 0 Å². The van der Waals surface area contributed by atoms with Gasteiger partial charge in [-0.05, 0) is 5.56 Å². The molecule has 1 aromatic rings. The van der Waals surface area contributed by atoms with Crippen molar-refractivity contribution in [3.63, 3.8) is 0 Å². The number of halogens is 3. The number of alkyl halides is 3. The maximum Gasteiger partial charge on any atom is 0.428 e. The Hall–Kier alpha value is -1.82. The Kier molecular flexibility index (Phi) is 4.72. The van der Waals surface area contributed by atoms with Crippen molar-refractivity contribution in [1.82, 2.24) is 0 Å². The smallest absolute Gasteiger partial charge is 0.428 e. The number of aliphatic hydroxyl groups is 1. The Morgan fingerprint density at radius 1 is 1.32 bits per heavy atom. The molecule has 0 aromatic heterocycles. The van der Waals surface area contributed by atoms with Gasteiger partial charge in [-0.3, -0.25) is 0 Å². The van der Waals surface area contributed by atoms with Crippen LogP contribution in [-0.4, -0.2) is 30.0 Å². The molecule has 0 aliphatic carbocycles. The van der Waals surface area contributed by atoms with Crippen LogP contribution in [0.4, 0.5) is 13.2 Å². The summed E-state index contributed by atoms with van der Waals surface area (Å²) in [7, 11) is 0.792. The van der Waals surface area contributed by atoms with Crippen LogP contribution in [0.1, 0.15) is 12.0 Å². The van der Waals surface area contributed by atoms with Crippen LogP contribution in [0.3, 0.4) is 0 Å². The summed E-state index contributed by atoms with van der Waals surface area (Å²) in [6.07, 6.45) is -3.53. The van der Waals surface area contributed by atoms with E-state index in [4.69, 9.17) is 0 Å². The van der Waals surface area contributed by atoms with Crippen molar-refractivity contribution in [2.75, 3.05) is 7.11 Å². The van der Waals surface area contributed by atoms with Gasteiger partial charge in [0.2, 0.25) is 0 Å². The van der Waals surface area contributed by atoms with E-state index in [2.05, 4.69) is 4.74 Å². The van der Waals surface area contributed by atoms with Gasteiger partial charge in [0.05, 0.1) is 7.11 Å². The minimum Gasteiger partial charge on any atom is -0.467 e. The molecule has 0 saturated carbocycles. The lowest BCUT2D eigenvalue weighted by molar-refractivity contribution is -0.260. The molecule has 0 bridgehead atoms. The summed E-state index contributed by atoms with van der Waals surface area (Å²) in [5.41, 5.74) is -2.86. The average molecular weight is 274 g/mol. The van der Waals surface area contributed by atoms with E-state index in [-0.39, 0.29) is 0 Å². The number of carbonyl (C=O) groups is 1.